The summed E-state index contributed by atoms with van der Waals surface area (Å²) < 4.78 is 64.8. The van der Waals surface area contributed by atoms with Crippen LogP contribution >= 0.6 is 0 Å². The van der Waals surface area contributed by atoms with E-state index >= 15 is 0 Å². The van der Waals surface area contributed by atoms with Crippen LogP contribution in [0.4, 0.5) is 8.78 Å². The van der Waals surface area contributed by atoms with Crippen LogP contribution in [0.2, 0.25) is 0 Å². The number of hydrogen-bond acceptors (Lipinski definition) is 6. The Morgan fingerprint density at radius 2 is 1.97 bits per heavy atom. The van der Waals surface area contributed by atoms with E-state index < -0.39 is 21.9 Å². The van der Waals surface area contributed by atoms with Crippen LogP contribution in [0.3, 0.4) is 0 Å². The number of ether oxygens (including phenoxy) is 1. The zero-order valence-corrected chi connectivity index (χ0v) is 16.0. The van der Waals surface area contributed by atoms with E-state index in [4.69, 9.17) is 9.26 Å². The predicted octanol–water partition coefficient (Wildman–Crippen LogP) is 2.70. The minimum Gasteiger partial charge on any atom is -0.366 e. The highest BCUT2D eigenvalue weighted by Crippen LogP contribution is 2.26. The molecule has 0 spiro atoms. The minimum absolute atomic E-state index is 0.0554. The summed E-state index contributed by atoms with van der Waals surface area (Å²) in [5, 5.41) is 3.83. The van der Waals surface area contributed by atoms with Crippen molar-refractivity contribution in [2.75, 3.05) is 19.7 Å². The number of halogens is 2. The fourth-order valence-electron chi connectivity index (χ4n) is 3.05. The summed E-state index contributed by atoms with van der Waals surface area (Å²) in [6.45, 7) is 0.177. The lowest BCUT2D eigenvalue weighted by Gasteiger charge is -2.30. The lowest BCUT2D eigenvalue weighted by Crippen LogP contribution is -2.42. The highest BCUT2D eigenvalue weighted by molar-refractivity contribution is 7.89. The largest absolute Gasteiger partial charge is 0.366 e. The van der Waals surface area contributed by atoms with Gasteiger partial charge in [0.15, 0.2) is 11.9 Å². The van der Waals surface area contributed by atoms with Crippen molar-refractivity contribution in [2.45, 2.75) is 17.4 Å². The fourth-order valence-corrected chi connectivity index (χ4v) is 4.51. The van der Waals surface area contributed by atoms with Crippen molar-refractivity contribution in [1.82, 2.24) is 14.4 Å². The molecule has 0 radical (unpaired) electrons. The molecule has 1 aliphatic heterocycles. The summed E-state index contributed by atoms with van der Waals surface area (Å²) in [7, 11) is -3.90. The summed E-state index contributed by atoms with van der Waals surface area (Å²) in [5.74, 6) is -0.639. The van der Waals surface area contributed by atoms with Gasteiger partial charge in [-0.3, -0.25) is 0 Å². The SMILES string of the molecule is O=S(=O)(c1cccc(F)c1)N1CCOC(c2nc(Cc3ccccc3F)no2)C1. The second kappa shape index (κ2) is 7.97. The Bertz CT molecular complexity index is 1120. The number of aromatic nitrogens is 2. The molecule has 4 rings (SSSR count). The van der Waals surface area contributed by atoms with E-state index in [2.05, 4.69) is 10.1 Å². The Morgan fingerprint density at radius 3 is 2.76 bits per heavy atom. The van der Waals surface area contributed by atoms with Crippen LogP contribution in [0.15, 0.2) is 57.9 Å². The van der Waals surface area contributed by atoms with Gasteiger partial charge in [0, 0.05) is 19.5 Å². The summed E-state index contributed by atoms with van der Waals surface area (Å²) >= 11 is 0. The second-order valence-corrected chi connectivity index (χ2v) is 8.43. The highest BCUT2D eigenvalue weighted by atomic mass is 32.2. The van der Waals surface area contributed by atoms with Crippen molar-refractivity contribution in [3.63, 3.8) is 0 Å². The van der Waals surface area contributed by atoms with Crippen LogP contribution in [0.25, 0.3) is 0 Å². The molecule has 1 aromatic heterocycles. The van der Waals surface area contributed by atoms with E-state index in [-0.39, 0.29) is 48.5 Å². The van der Waals surface area contributed by atoms with Crippen molar-refractivity contribution in [3.8, 4) is 0 Å². The smallest absolute Gasteiger partial charge is 0.257 e. The topological polar surface area (TPSA) is 85.5 Å². The normalized spacial score (nSPS) is 18.1. The molecule has 2 aromatic carbocycles. The van der Waals surface area contributed by atoms with Crippen molar-refractivity contribution in [1.29, 1.82) is 0 Å². The van der Waals surface area contributed by atoms with Crippen LogP contribution in [0.5, 0.6) is 0 Å². The number of benzene rings is 2. The average molecular weight is 421 g/mol. The highest BCUT2D eigenvalue weighted by Gasteiger charge is 2.34. The molecule has 0 bridgehead atoms. The molecule has 1 atom stereocenters. The average Bonchev–Trinajstić information content (AvgIpc) is 3.18. The lowest BCUT2D eigenvalue weighted by atomic mass is 10.1. The van der Waals surface area contributed by atoms with Crippen LogP contribution in [0, 0.1) is 11.6 Å². The van der Waals surface area contributed by atoms with Gasteiger partial charge in [-0.15, -0.1) is 0 Å². The summed E-state index contributed by atoms with van der Waals surface area (Å²) in [6, 6.07) is 11.1. The summed E-state index contributed by atoms with van der Waals surface area (Å²) in [4.78, 5) is 4.09. The first-order chi connectivity index (χ1) is 13.9. The molecule has 29 heavy (non-hydrogen) atoms. The van der Waals surface area contributed by atoms with Crippen molar-refractivity contribution < 1.29 is 26.5 Å². The molecule has 1 unspecified atom stereocenters. The molecular formula is C19H17F2N3O4S. The van der Waals surface area contributed by atoms with E-state index in [9.17, 15) is 17.2 Å². The Labute approximate surface area is 166 Å². The van der Waals surface area contributed by atoms with Crippen LogP contribution in [0.1, 0.15) is 23.4 Å². The first-order valence-electron chi connectivity index (χ1n) is 8.87. The van der Waals surface area contributed by atoms with E-state index in [0.29, 0.717) is 5.56 Å². The molecule has 1 fully saturated rings. The van der Waals surface area contributed by atoms with Crippen LogP contribution in [-0.2, 0) is 21.2 Å². The molecule has 0 N–H and O–H groups in total. The van der Waals surface area contributed by atoms with Gasteiger partial charge in [-0.25, -0.2) is 17.2 Å². The lowest BCUT2D eigenvalue weighted by molar-refractivity contribution is -0.0199. The number of sulfonamides is 1. The Kier molecular flexibility index (Phi) is 5.39. The van der Waals surface area contributed by atoms with E-state index in [1.807, 2.05) is 0 Å². The molecule has 10 heteroatoms. The predicted molar refractivity (Wildman–Crippen MR) is 97.4 cm³/mol. The molecular weight excluding hydrogens is 404 g/mol. The molecule has 7 nitrogen and oxygen atoms in total. The van der Waals surface area contributed by atoms with Crippen molar-refractivity contribution in [2.24, 2.45) is 0 Å². The van der Waals surface area contributed by atoms with Crippen LogP contribution in [-0.4, -0.2) is 42.6 Å². The Morgan fingerprint density at radius 1 is 1.14 bits per heavy atom. The van der Waals surface area contributed by atoms with Gasteiger partial charge in [0.05, 0.1) is 11.5 Å². The maximum atomic E-state index is 13.8. The van der Waals surface area contributed by atoms with Gasteiger partial charge in [-0.05, 0) is 29.8 Å². The monoisotopic (exact) mass is 421 g/mol. The Hall–Kier alpha value is -2.69. The van der Waals surface area contributed by atoms with Gasteiger partial charge in [0.25, 0.3) is 5.89 Å². The molecule has 2 heterocycles. The number of rotatable bonds is 5. The maximum Gasteiger partial charge on any atom is 0.257 e. The van der Waals surface area contributed by atoms with Gasteiger partial charge >= 0.3 is 0 Å². The van der Waals surface area contributed by atoms with Gasteiger partial charge in [-0.2, -0.15) is 9.29 Å². The Balaban J connectivity index is 1.50. The maximum absolute atomic E-state index is 13.8. The first kappa shape index (κ1) is 19.6. The number of hydrogen-bond donors (Lipinski definition) is 0. The van der Waals surface area contributed by atoms with Crippen molar-refractivity contribution >= 4 is 10.0 Å². The molecule has 152 valence electrons. The fraction of sp³-hybridized carbons (Fsp3) is 0.263. The minimum atomic E-state index is -3.90. The summed E-state index contributed by atoms with van der Waals surface area (Å²) in [6.07, 6.45) is -0.636. The third-order valence-corrected chi connectivity index (χ3v) is 6.39. The van der Waals surface area contributed by atoms with E-state index in [0.717, 1.165) is 6.07 Å². The molecule has 1 aliphatic rings. The molecule has 0 amide bonds. The third kappa shape index (κ3) is 4.19. The summed E-state index contributed by atoms with van der Waals surface area (Å²) in [5.41, 5.74) is 0.416. The number of morpholine rings is 1. The van der Waals surface area contributed by atoms with Gasteiger partial charge in [0.2, 0.25) is 10.0 Å². The van der Waals surface area contributed by atoms with Gasteiger partial charge in [-0.1, -0.05) is 29.4 Å². The number of nitrogens with zero attached hydrogens (tertiary/aromatic N) is 3. The zero-order valence-electron chi connectivity index (χ0n) is 15.2. The van der Waals surface area contributed by atoms with Crippen molar-refractivity contribution in [3.05, 3.63) is 77.4 Å². The standard InChI is InChI=1S/C19H17F2N3O4S/c20-14-5-3-6-15(11-14)29(25,26)24-8-9-27-17(12-24)19-22-18(23-28-19)10-13-4-1-2-7-16(13)21/h1-7,11,17H,8-10,12H2. The van der Waals surface area contributed by atoms with Gasteiger partial charge in [0.1, 0.15) is 11.6 Å². The van der Waals surface area contributed by atoms with E-state index in [1.165, 1.54) is 28.6 Å². The van der Waals surface area contributed by atoms with Crippen LogP contribution < -0.4 is 0 Å². The zero-order chi connectivity index (χ0) is 20.4. The molecule has 0 saturated carbocycles. The third-order valence-electron chi connectivity index (χ3n) is 4.53. The second-order valence-electron chi connectivity index (χ2n) is 6.50. The molecule has 3 aromatic rings. The molecule has 0 aliphatic carbocycles. The van der Waals surface area contributed by atoms with Gasteiger partial charge < -0.3 is 9.26 Å². The quantitative estimate of drug-likeness (QED) is 0.630. The molecule has 1 saturated heterocycles. The van der Waals surface area contributed by atoms with E-state index in [1.54, 1.807) is 18.2 Å². The first-order valence-corrected chi connectivity index (χ1v) is 10.3.